The molecule has 2 rings (SSSR count). The molecular weight excluding hydrogens is 242 g/mol. The molecule has 0 bridgehead atoms. The zero-order valence-electron chi connectivity index (χ0n) is 10.3. The van der Waals surface area contributed by atoms with Gasteiger partial charge in [-0.25, -0.2) is 0 Å². The van der Waals surface area contributed by atoms with Crippen LogP contribution in [0.2, 0.25) is 0 Å². The van der Waals surface area contributed by atoms with Gasteiger partial charge in [0.2, 0.25) is 5.91 Å². The molecule has 1 spiro atoms. The van der Waals surface area contributed by atoms with Crippen LogP contribution in [0, 0.1) is 0 Å². The summed E-state index contributed by atoms with van der Waals surface area (Å²) in [5.41, 5.74) is -0.196. The number of amides is 1. The topological polar surface area (TPSA) is 38.8 Å². The third-order valence-electron chi connectivity index (χ3n) is 3.79. The van der Waals surface area contributed by atoms with Crippen molar-refractivity contribution in [2.24, 2.45) is 0 Å². The van der Waals surface area contributed by atoms with Crippen LogP contribution >= 0.6 is 11.6 Å². The summed E-state index contributed by atoms with van der Waals surface area (Å²) in [5.74, 6) is 0.0675. The van der Waals surface area contributed by atoms with Gasteiger partial charge in [-0.2, -0.15) is 0 Å². The standard InChI is InChI=1S/C12H20ClNO3/c1-16-10-3-6-17-12(7-10)4-2-5-14(9-12)11(15)8-13/h10H,2-9H2,1H3/t10-,12+/m0/s1. The number of carbonyl (C=O) groups is 1. The van der Waals surface area contributed by atoms with Gasteiger partial charge in [-0.1, -0.05) is 0 Å². The van der Waals surface area contributed by atoms with E-state index in [0.29, 0.717) is 6.54 Å². The minimum Gasteiger partial charge on any atom is -0.381 e. The Morgan fingerprint density at radius 3 is 3.18 bits per heavy atom. The first kappa shape index (κ1) is 13.1. The number of nitrogens with zero attached hydrogens (tertiary/aromatic N) is 1. The van der Waals surface area contributed by atoms with E-state index in [1.54, 1.807) is 7.11 Å². The fourth-order valence-corrected chi connectivity index (χ4v) is 3.03. The van der Waals surface area contributed by atoms with Gasteiger partial charge in [0.15, 0.2) is 0 Å². The summed E-state index contributed by atoms with van der Waals surface area (Å²) in [6, 6.07) is 0. The van der Waals surface area contributed by atoms with Crippen molar-refractivity contribution in [3.05, 3.63) is 0 Å². The monoisotopic (exact) mass is 261 g/mol. The van der Waals surface area contributed by atoms with E-state index in [0.717, 1.165) is 38.8 Å². The SMILES string of the molecule is CO[C@H]1CCO[C@]2(CCCN(C(=O)CCl)C2)C1. The van der Waals surface area contributed by atoms with Crippen molar-refractivity contribution < 1.29 is 14.3 Å². The molecule has 0 aromatic heterocycles. The summed E-state index contributed by atoms with van der Waals surface area (Å²) < 4.78 is 11.4. The molecule has 0 aromatic rings. The quantitative estimate of drug-likeness (QED) is 0.706. The lowest BCUT2D eigenvalue weighted by molar-refractivity contribution is -0.162. The van der Waals surface area contributed by atoms with Crippen LogP contribution in [-0.4, -0.2) is 55.2 Å². The molecule has 2 heterocycles. The van der Waals surface area contributed by atoms with E-state index in [2.05, 4.69) is 0 Å². The fraction of sp³-hybridized carbons (Fsp3) is 0.917. The van der Waals surface area contributed by atoms with E-state index in [-0.39, 0.29) is 23.5 Å². The summed E-state index contributed by atoms with van der Waals surface area (Å²) in [7, 11) is 1.74. The molecule has 2 fully saturated rings. The van der Waals surface area contributed by atoms with Crippen LogP contribution in [-0.2, 0) is 14.3 Å². The Bertz CT molecular complexity index is 283. The Kier molecular flexibility index (Phi) is 4.28. The Labute approximate surface area is 107 Å². The first-order valence-electron chi connectivity index (χ1n) is 6.19. The average molecular weight is 262 g/mol. The number of hydrogen-bond acceptors (Lipinski definition) is 3. The molecule has 0 aliphatic carbocycles. The largest absolute Gasteiger partial charge is 0.381 e. The van der Waals surface area contributed by atoms with E-state index >= 15 is 0 Å². The van der Waals surface area contributed by atoms with Gasteiger partial charge < -0.3 is 14.4 Å². The van der Waals surface area contributed by atoms with Crippen molar-refractivity contribution in [3.8, 4) is 0 Å². The lowest BCUT2D eigenvalue weighted by Crippen LogP contribution is -2.55. The second-order valence-corrected chi connectivity index (χ2v) is 5.20. The molecule has 17 heavy (non-hydrogen) atoms. The first-order valence-corrected chi connectivity index (χ1v) is 6.73. The molecule has 98 valence electrons. The highest BCUT2D eigenvalue weighted by Gasteiger charge is 2.42. The number of rotatable bonds is 2. The maximum atomic E-state index is 11.7. The second-order valence-electron chi connectivity index (χ2n) is 4.93. The third-order valence-corrected chi connectivity index (χ3v) is 4.02. The smallest absolute Gasteiger partial charge is 0.237 e. The van der Waals surface area contributed by atoms with Gasteiger partial charge in [0, 0.05) is 33.2 Å². The number of halogens is 1. The molecule has 2 atom stereocenters. The fourth-order valence-electron chi connectivity index (χ4n) is 2.86. The van der Waals surface area contributed by atoms with Crippen LogP contribution in [0.15, 0.2) is 0 Å². The number of likely N-dealkylation sites (tertiary alicyclic amines) is 1. The zero-order valence-corrected chi connectivity index (χ0v) is 11.0. The van der Waals surface area contributed by atoms with E-state index in [1.165, 1.54) is 0 Å². The third kappa shape index (κ3) is 2.92. The lowest BCUT2D eigenvalue weighted by Gasteiger charge is -2.46. The molecule has 2 aliphatic heterocycles. The summed E-state index contributed by atoms with van der Waals surface area (Å²) in [6.07, 6.45) is 4.09. The van der Waals surface area contributed by atoms with E-state index in [1.807, 2.05) is 4.90 Å². The molecule has 0 N–H and O–H groups in total. The van der Waals surface area contributed by atoms with Crippen LogP contribution in [0.25, 0.3) is 0 Å². The van der Waals surface area contributed by atoms with Crippen molar-refractivity contribution >= 4 is 17.5 Å². The Hall–Kier alpha value is -0.320. The van der Waals surface area contributed by atoms with Crippen molar-refractivity contribution in [3.63, 3.8) is 0 Å². The molecule has 0 radical (unpaired) electrons. The maximum absolute atomic E-state index is 11.7. The number of ether oxygens (including phenoxy) is 2. The number of carbonyl (C=O) groups excluding carboxylic acids is 1. The molecule has 0 unspecified atom stereocenters. The number of piperidine rings is 1. The van der Waals surface area contributed by atoms with Gasteiger partial charge in [-0.15, -0.1) is 11.6 Å². The minimum atomic E-state index is -0.196. The second kappa shape index (κ2) is 5.55. The lowest BCUT2D eigenvalue weighted by atomic mass is 9.84. The molecule has 2 aliphatic rings. The van der Waals surface area contributed by atoms with Gasteiger partial charge >= 0.3 is 0 Å². The van der Waals surface area contributed by atoms with Crippen LogP contribution in [0.3, 0.4) is 0 Å². The average Bonchev–Trinajstić information content (AvgIpc) is 2.38. The Balaban J connectivity index is 2.01. The summed E-state index contributed by atoms with van der Waals surface area (Å²) in [6.45, 7) is 2.19. The van der Waals surface area contributed by atoms with E-state index in [9.17, 15) is 4.79 Å². The van der Waals surface area contributed by atoms with Gasteiger partial charge in [0.25, 0.3) is 0 Å². The Morgan fingerprint density at radius 2 is 2.47 bits per heavy atom. The van der Waals surface area contributed by atoms with Gasteiger partial charge in [0.05, 0.1) is 11.7 Å². The highest BCUT2D eigenvalue weighted by molar-refractivity contribution is 6.27. The number of alkyl halides is 1. The van der Waals surface area contributed by atoms with Crippen LogP contribution < -0.4 is 0 Å². The van der Waals surface area contributed by atoms with Gasteiger partial charge in [-0.3, -0.25) is 4.79 Å². The van der Waals surface area contributed by atoms with Crippen LogP contribution in [0.1, 0.15) is 25.7 Å². The highest BCUT2D eigenvalue weighted by atomic mass is 35.5. The van der Waals surface area contributed by atoms with Crippen molar-refractivity contribution in [1.29, 1.82) is 0 Å². The highest BCUT2D eigenvalue weighted by Crippen LogP contribution is 2.34. The van der Waals surface area contributed by atoms with Crippen molar-refractivity contribution in [2.75, 3.05) is 32.7 Å². The van der Waals surface area contributed by atoms with Crippen LogP contribution in [0.5, 0.6) is 0 Å². The van der Waals surface area contributed by atoms with E-state index < -0.39 is 0 Å². The molecule has 0 saturated carbocycles. The van der Waals surface area contributed by atoms with Crippen molar-refractivity contribution in [2.45, 2.75) is 37.4 Å². The maximum Gasteiger partial charge on any atom is 0.237 e. The zero-order chi connectivity index (χ0) is 12.3. The summed E-state index contributed by atoms with van der Waals surface area (Å²) in [5, 5.41) is 0. The predicted molar refractivity (Wildman–Crippen MR) is 65.2 cm³/mol. The molecule has 2 saturated heterocycles. The summed E-state index contributed by atoms with van der Waals surface area (Å²) in [4.78, 5) is 13.5. The van der Waals surface area contributed by atoms with Crippen LogP contribution in [0.4, 0.5) is 0 Å². The number of methoxy groups -OCH3 is 1. The minimum absolute atomic E-state index is 0.00822. The summed E-state index contributed by atoms with van der Waals surface area (Å²) >= 11 is 5.61. The predicted octanol–water partition coefficient (Wildman–Crippen LogP) is 1.41. The molecule has 5 heteroatoms. The molecule has 1 amide bonds. The molecule has 4 nitrogen and oxygen atoms in total. The van der Waals surface area contributed by atoms with E-state index in [4.69, 9.17) is 21.1 Å². The first-order chi connectivity index (χ1) is 8.19. The molecular formula is C12H20ClNO3. The van der Waals surface area contributed by atoms with Crippen molar-refractivity contribution in [1.82, 2.24) is 4.90 Å². The molecule has 0 aromatic carbocycles. The van der Waals surface area contributed by atoms with Gasteiger partial charge in [-0.05, 0) is 19.3 Å². The number of hydrogen-bond donors (Lipinski definition) is 0. The van der Waals surface area contributed by atoms with Gasteiger partial charge in [0.1, 0.15) is 5.88 Å². The Morgan fingerprint density at radius 1 is 1.65 bits per heavy atom. The normalized spacial score (nSPS) is 34.0.